The minimum atomic E-state index is -1.35. The third-order valence-corrected chi connectivity index (χ3v) is 5.33. The van der Waals surface area contributed by atoms with Gasteiger partial charge in [-0.2, -0.15) is 4.79 Å². The van der Waals surface area contributed by atoms with Crippen molar-refractivity contribution in [2.45, 2.75) is 31.6 Å². The Bertz CT molecular complexity index is 643. The van der Waals surface area contributed by atoms with Gasteiger partial charge in [-0.15, -0.1) is 0 Å². The summed E-state index contributed by atoms with van der Waals surface area (Å²) >= 11 is 0. The SMILES string of the molecule is CC(C)(C)[P+](=C=O)C1C=CC(=C=O)C(=C=O)C1=C=O.[Fe]. The normalized spacial score (nSPS) is 18.2. The Morgan fingerprint density at radius 3 is 2.00 bits per heavy atom. The van der Waals surface area contributed by atoms with Gasteiger partial charge in [0, 0.05) is 17.1 Å². The van der Waals surface area contributed by atoms with E-state index in [-0.39, 0.29) is 38.9 Å². The summed E-state index contributed by atoms with van der Waals surface area (Å²) in [7, 11) is -1.35. The first-order chi connectivity index (χ1) is 8.90. The number of hydrogen-bond acceptors (Lipinski definition) is 4. The topological polar surface area (TPSA) is 68.3 Å². The molecule has 0 aromatic rings. The Labute approximate surface area is 128 Å². The largest absolute Gasteiger partial charge is 0.332 e. The standard InChI is InChI=1S/C14H12O4P.Fe/c1-14(2,3)19(9-18)13-5-4-10(6-15)11(7-16)12(13)8-17;/h4-5,13H,1-3H3;/q+1;. The maximum atomic E-state index is 11.2. The van der Waals surface area contributed by atoms with E-state index < -0.39 is 13.2 Å². The van der Waals surface area contributed by atoms with Crippen molar-refractivity contribution in [2.75, 3.05) is 0 Å². The molecule has 0 aromatic carbocycles. The van der Waals surface area contributed by atoms with E-state index in [0.717, 1.165) is 0 Å². The fourth-order valence-corrected chi connectivity index (χ4v) is 3.71. The van der Waals surface area contributed by atoms with Crippen molar-refractivity contribution in [1.82, 2.24) is 0 Å². The zero-order valence-electron chi connectivity index (χ0n) is 11.2. The summed E-state index contributed by atoms with van der Waals surface area (Å²) in [5.41, 5.74) is 1.18. The Morgan fingerprint density at radius 2 is 1.65 bits per heavy atom. The van der Waals surface area contributed by atoms with E-state index in [1.165, 1.54) is 6.08 Å². The van der Waals surface area contributed by atoms with Gasteiger partial charge < -0.3 is 0 Å². The van der Waals surface area contributed by atoms with Crippen molar-refractivity contribution in [1.29, 1.82) is 0 Å². The van der Waals surface area contributed by atoms with Crippen LogP contribution in [0.25, 0.3) is 0 Å². The Balaban J connectivity index is 0.00000361. The van der Waals surface area contributed by atoms with Crippen LogP contribution >= 0.6 is 7.55 Å². The maximum absolute atomic E-state index is 11.2. The van der Waals surface area contributed by atoms with E-state index in [9.17, 15) is 19.2 Å². The molecular weight excluding hydrogens is 319 g/mol. The zero-order valence-corrected chi connectivity index (χ0v) is 13.2. The first-order valence-corrected chi connectivity index (χ1v) is 6.93. The zero-order chi connectivity index (χ0) is 14.6. The van der Waals surface area contributed by atoms with Gasteiger partial charge >= 0.3 is 5.66 Å². The third-order valence-electron chi connectivity index (χ3n) is 2.70. The predicted molar refractivity (Wildman–Crippen MR) is 72.9 cm³/mol. The van der Waals surface area contributed by atoms with Crippen molar-refractivity contribution < 1.29 is 36.2 Å². The van der Waals surface area contributed by atoms with Gasteiger partial charge in [-0.25, -0.2) is 14.4 Å². The van der Waals surface area contributed by atoms with Crippen LogP contribution in [-0.2, 0) is 36.2 Å². The van der Waals surface area contributed by atoms with Gasteiger partial charge in [-0.05, 0) is 32.9 Å². The number of allylic oxidation sites excluding steroid dienone is 5. The van der Waals surface area contributed by atoms with Crippen LogP contribution in [0.3, 0.4) is 0 Å². The molecule has 1 rings (SSSR count). The average molecular weight is 331 g/mol. The monoisotopic (exact) mass is 331 g/mol. The summed E-state index contributed by atoms with van der Waals surface area (Å²) in [4.78, 5) is 43.9. The molecule has 0 fully saturated rings. The maximum Gasteiger partial charge on any atom is 0.332 e. The fourth-order valence-electron chi connectivity index (χ4n) is 1.79. The second-order valence-electron chi connectivity index (χ2n) is 4.94. The number of carbonyl (C=O) groups excluding carboxylic acids is 4. The average Bonchev–Trinajstić information content (AvgIpc) is 2.36. The Kier molecular flexibility index (Phi) is 6.77. The summed E-state index contributed by atoms with van der Waals surface area (Å²) in [6.07, 6.45) is 2.94. The molecule has 0 saturated heterocycles. The summed E-state index contributed by atoms with van der Waals surface area (Å²) in [6, 6.07) is 0. The molecule has 1 aliphatic carbocycles. The van der Waals surface area contributed by atoms with Gasteiger partial charge in [0.2, 0.25) is 7.55 Å². The van der Waals surface area contributed by atoms with Crippen molar-refractivity contribution >= 4 is 31.0 Å². The molecule has 6 heteroatoms. The van der Waals surface area contributed by atoms with Crippen LogP contribution in [-0.4, -0.2) is 34.3 Å². The second-order valence-corrected chi connectivity index (χ2v) is 7.77. The van der Waals surface area contributed by atoms with Crippen molar-refractivity contribution in [3.63, 3.8) is 0 Å². The molecule has 1 aliphatic rings. The molecule has 0 heterocycles. The van der Waals surface area contributed by atoms with Gasteiger partial charge in [0.05, 0.1) is 11.1 Å². The van der Waals surface area contributed by atoms with Crippen LogP contribution in [0, 0.1) is 0 Å². The molecule has 4 nitrogen and oxygen atoms in total. The molecule has 2 atom stereocenters. The molecule has 0 radical (unpaired) electrons. The van der Waals surface area contributed by atoms with Crippen LogP contribution in [0.5, 0.6) is 0 Å². The molecular formula is C14H12FeO4P+. The van der Waals surface area contributed by atoms with Crippen molar-refractivity contribution in [3.05, 3.63) is 28.9 Å². The van der Waals surface area contributed by atoms with E-state index in [4.69, 9.17) is 0 Å². The molecule has 0 spiro atoms. The molecule has 0 saturated carbocycles. The quantitative estimate of drug-likeness (QED) is 0.415. The van der Waals surface area contributed by atoms with Gasteiger partial charge in [-0.3, -0.25) is 0 Å². The van der Waals surface area contributed by atoms with Gasteiger partial charge in [0.25, 0.3) is 0 Å². The molecule has 20 heavy (non-hydrogen) atoms. The van der Waals surface area contributed by atoms with Crippen LogP contribution in [0.1, 0.15) is 20.8 Å². The first-order valence-electron chi connectivity index (χ1n) is 5.52. The summed E-state index contributed by atoms with van der Waals surface area (Å²) in [6.45, 7) is 5.57. The van der Waals surface area contributed by atoms with Crippen molar-refractivity contribution in [2.24, 2.45) is 0 Å². The predicted octanol–water partition coefficient (Wildman–Crippen LogP) is 1.54. The van der Waals surface area contributed by atoms with E-state index in [1.54, 1.807) is 23.9 Å². The minimum absolute atomic E-state index is 0. The molecule has 0 aromatic heterocycles. The van der Waals surface area contributed by atoms with Gasteiger partial charge in [0.1, 0.15) is 28.6 Å². The molecule has 0 bridgehead atoms. The van der Waals surface area contributed by atoms with Crippen LogP contribution < -0.4 is 0 Å². The van der Waals surface area contributed by atoms with Crippen LogP contribution in [0.15, 0.2) is 28.9 Å². The minimum Gasteiger partial charge on any atom is -0.233 e. The molecule has 2 unspecified atom stereocenters. The summed E-state index contributed by atoms with van der Waals surface area (Å²) in [5.74, 6) is 4.80. The Hall–Kier alpha value is -1.51. The summed E-state index contributed by atoms with van der Waals surface area (Å²) < 4.78 is 0. The van der Waals surface area contributed by atoms with E-state index >= 15 is 0 Å². The van der Waals surface area contributed by atoms with Gasteiger partial charge in [0.15, 0.2) is 5.66 Å². The Morgan fingerprint density at radius 1 is 1.05 bits per heavy atom. The summed E-state index contributed by atoms with van der Waals surface area (Å²) in [5, 5.41) is -0.384. The van der Waals surface area contributed by atoms with Crippen molar-refractivity contribution in [3.8, 4) is 0 Å². The molecule has 0 aliphatic heterocycles. The third kappa shape index (κ3) is 3.53. The molecule has 0 N–H and O–H groups in total. The van der Waals surface area contributed by atoms with Crippen LogP contribution in [0.2, 0.25) is 0 Å². The molecule has 0 amide bonds. The van der Waals surface area contributed by atoms with Crippen LogP contribution in [0.4, 0.5) is 0 Å². The van der Waals surface area contributed by atoms with E-state index in [2.05, 4.69) is 0 Å². The smallest absolute Gasteiger partial charge is 0.233 e. The van der Waals surface area contributed by atoms with Gasteiger partial charge in [-0.1, -0.05) is 0 Å². The first kappa shape index (κ1) is 18.5. The van der Waals surface area contributed by atoms with E-state index in [1.807, 2.05) is 26.4 Å². The van der Waals surface area contributed by atoms with E-state index in [0.29, 0.717) is 0 Å². The number of rotatable bonds is 1. The second kappa shape index (κ2) is 7.32. The number of hydrogen-bond donors (Lipinski definition) is 0. The molecule has 104 valence electrons. The fraction of sp³-hybridized carbons (Fsp3) is 0.357.